The van der Waals surface area contributed by atoms with Crippen LogP contribution in [0.1, 0.15) is 22.4 Å². The minimum atomic E-state index is -0.275. The van der Waals surface area contributed by atoms with Crippen molar-refractivity contribution >= 4 is 5.97 Å². The topological polar surface area (TPSA) is 97.5 Å². The zero-order valence-electron chi connectivity index (χ0n) is 18.9. The molecule has 0 amide bonds. The van der Waals surface area contributed by atoms with Crippen LogP contribution in [0.2, 0.25) is 0 Å². The summed E-state index contributed by atoms with van der Waals surface area (Å²) in [6.45, 7) is 4.22. The van der Waals surface area contributed by atoms with E-state index in [9.17, 15) is 9.59 Å². The maximum absolute atomic E-state index is 12.4. The molecule has 0 N–H and O–H groups in total. The number of esters is 1. The zero-order valence-corrected chi connectivity index (χ0v) is 18.9. The van der Waals surface area contributed by atoms with E-state index in [1.807, 2.05) is 30.3 Å². The Morgan fingerprint density at radius 1 is 1.09 bits per heavy atom. The second kappa shape index (κ2) is 11.4. The number of morpholine rings is 1. The Hall–Kier alpha value is -3.80. The highest BCUT2D eigenvalue weighted by Gasteiger charge is 2.12. The van der Waals surface area contributed by atoms with Crippen LogP contribution >= 0.6 is 0 Å². The van der Waals surface area contributed by atoms with E-state index in [1.165, 1.54) is 6.07 Å². The summed E-state index contributed by atoms with van der Waals surface area (Å²) >= 11 is 0. The average molecular weight is 459 g/mol. The minimum Gasteiger partial charge on any atom is -0.464 e. The normalized spacial score (nSPS) is 13.9. The van der Waals surface area contributed by atoms with Crippen LogP contribution in [0, 0.1) is 11.3 Å². The van der Waals surface area contributed by atoms with Gasteiger partial charge in [-0.2, -0.15) is 10.4 Å². The fourth-order valence-corrected chi connectivity index (χ4v) is 3.81. The summed E-state index contributed by atoms with van der Waals surface area (Å²) in [6, 6.07) is 18.1. The molecule has 1 saturated heterocycles. The van der Waals surface area contributed by atoms with Gasteiger partial charge in [-0.25, -0.2) is 4.68 Å². The van der Waals surface area contributed by atoms with Crippen molar-refractivity contribution in [2.24, 2.45) is 0 Å². The van der Waals surface area contributed by atoms with Gasteiger partial charge in [0.05, 0.1) is 37.0 Å². The van der Waals surface area contributed by atoms with Crippen molar-refractivity contribution in [2.45, 2.75) is 12.8 Å². The molecule has 8 heteroatoms. The SMILES string of the molecule is N#Cc1cccc(-n2ccc(=O)c(Cc3cccc(CC(=O)OCCN4CCOCC4)c3)n2)c1. The summed E-state index contributed by atoms with van der Waals surface area (Å²) in [7, 11) is 0. The number of nitriles is 1. The van der Waals surface area contributed by atoms with Crippen LogP contribution in [0.3, 0.4) is 0 Å². The van der Waals surface area contributed by atoms with Crippen molar-refractivity contribution in [3.05, 3.63) is 93.4 Å². The molecule has 1 fully saturated rings. The van der Waals surface area contributed by atoms with Crippen molar-refractivity contribution in [2.75, 3.05) is 39.5 Å². The molecule has 0 saturated carbocycles. The van der Waals surface area contributed by atoms with Crippen molar-refractivity contribution in [1.29, 1.82) is 5.26 Å². The second-order valence-electron chi connectivity index (χ2n) is 8.08. The molecule has 0 aliphatic carbocycles. The number of carbonyl (C=O) groups is 1. The van der Waals surface area contributed by atoms with Crippen molar-refractivity contribution < 1.29 is 14.3 Å². The molecule has 0 unspecified atom stereocenters. The van der Waals surface area contributed by atoms with Crippen LogP contribution in [0.5, 0.6) is 0 Å². The first kappa shape index (κ1) is 23.4. The van der Waals surface area contributed by atoms with Crippen LogP contribution in [-0.4, -0.2) is 60.1 Å². The van der Waals surface area contributed by atoms with Crippen LogP contribution < -0.4 is 5.43 Å². The summed E-state index contributed by atoms with van der Waals surface area (Å²) in [4.78, 5) is 26.9. The second-order valence-corrected chi connectivity index (χ2v) is 8.08. The van der Waals surface area contributed by atoms with Gasteiger partial charge in [-0.15, -0.1) is 0 Å². The van der Waals surface area contributed by atoms with E-state index in [0.717, 1.165) is 24.2 Å². The number of aromatic nitrogens is 2. The third kappa shape index (κ3) is 6.38. The Kier molecular flexibility index (Phi) is 7.81. The molecule has 2 heterocycles. The largest absolute Gasteiger partial charge is 0.464 e. The first-order chi connectivity index (χ1) is 16.6. The number of nitrogens with zero attached hydrogens (tertiary/aromatic N) is 4. The van der Waals surface area contributed by atoms with E-state index in [-0.39, 0.29) is 17.8 Å². The number of benzene rings is 2. The van der Waals surface area contributed by atoms with Gasteiger partial charge < -0.3 is 9.47 Å². The molecule has 34 heavy (non-hydrogen) atoms. The number of ether oxygens (including phenoxy) is 2. The molecule has 0 bridgehead atoms. The lowest BCUT2D eigenvalue weighted by Gasteiger charge is -2.26. The fraction of sp³-hybridized carbons (Fsp3) is 0.308. The Bertz CT molecular complexity index is 1240. The lowest BCUT2D eigenvalue weighted by atomic mass is 10.0. The molecule has 0 radical (unpaired) electrons. The Morgan fingerprint density at radius 2 is 1.88 bits per heavy atom. The molecule has 4 rings (SSSR count). The molecule has 1 aliphatic rings. The number of hydrogen-bond donors (Lipinski definition) is 0. The van der Waals surface area contributed by atoms with Gasteiger partial charge in [0, 0.05) is 38.3 Å². The molecule has 0 atom stereocenters. The summed E-state index contributed by atoms with van der Waals surface area (Å²) in [6.07, 6.45) is 2.09. The van der Waals surface area contributed by atoms with E-state index < -0.39 is 0 Å². The Balaban J connectivity index is 1.38. The minimum absolute atomic E-state index is 0.166. The molecule has 8 nitrogen and oxygen atoms in total. The Labute approximate surface area is 198 Å². The maximum Gasteiger partial charge on any atom is 0.310 e. The molecule has 1 aromatic heterocycles. The van der Waals surface area contributed by atoms with Gasteiger partial charge in [0.25, 0.3) is 0 Å². The molecular weight excluding hydrogens is 432 g/mol. The predicted molar refractivity (Wildman–Crippen MR) is 126 cm³/mol. The van der Waals surface area contributed by atoms with E-state index in [4.69, 9.17) is 14.7 Å². The van der Waals surface area contributed by atoms with Crippen molar-refractivity contribution in [3.63, 3.8) is 0 Å². The monoisotopic (exact) mass is 458 g/mol. The number of hydrogen-bond acceptors (Lipinski definition) is 7. The molecule has 174 valence electrons. The Morgan fingerprint density at radius 3 is 2.71 bits per heavy atom. The van der Waals surface area contributed by atoms with Gasteiger partial charge in [-0.1, -0.05) is 30.3 Å². The van der Waals surface area contributed by atoms with Gasteiger partial charge in [0.1, 0.15) is 12.3 Å². The van der Waals surface area contributed by atoms with E-state index >= 15 is 0 Å². The highest BCUT2D eigenvalue weighted by molar-refractivity contribution is 5.72. The van der Waals surface area contributed by atoms with Crippen molar-refractivity contribution in [3.8, 4) is 11.8 Å². The predicted octanol–water partition coefficient (Wildman–Crippen LogP) is 2.11. The first-order valence-electron chi connectivity index (χ1n) is 11.2. The molecule has 3 aromatic rings. The van der Waals surface area contributed by atoms with Gasteiger partial charge in [0.15, 0.2) is 0 Å². The lowest BCUT2D eigenvalue weighted by Crippen LogP contribution is -2.38. The lowest BCUT2D eigenvalue weighted by molar-refractivity contribution is -0.143. The van der Waals surface area contributed by atoms with Gasteiger partial charge in [0.2, 0.25) is 5.43 Å². The summed E-state index contributed by atoms with van der Waals surface area (Å²) in [5, 5.41) is 13.6. The molecule has 1 aliphatic heterocycles. The van der Waals surface area contributed by atoms with Crippen LogP contribution in [-0.2, 0) is 27.1 Å². The fourth-order valence-electron chi connectivity index (χ4n) is 3.81. The third-order valence-corrected chi connectivity index (χ3v) is 5.61. The third-order valence-electron chi connectivity index (χ3n) is 5.61. The highest BCUT2D eigenvalue weighted by Crippen LogP contribution is 2.12. The number of rotatable bonds is 8. The van der Waals surface area contributed by atoms with Crippen LogP contribution in [0.4, 0.5) is 0 Å². The van der Waals surface area contributed by atoms with Crippen LogP contribution in [0.15, 0.2) is 65.6 Å². The highest BCUT2D eigenvalue weighted by atomic mass is 16.5. The summed E-state index contributed by atoms with van der Waals surface area (Å²) in [5.74, 6) is -0.275. The maximum atomic E-state index is 12.4. The van der Waals surface area contributed by atoms with E-state index in [0.29, 0.717) is 49.7 Å². The van der Waals surface area contributed by atoms with Crippen LogP contribution in [0.25, 0.3) is 5.69 Å². The number of carbonyl (C=O) groups excluding carboxylic acids is 1. The summed E-state index contributed by atoms with van der Waals surface area (Å²) < 4.78 is 12.3. The molecule has 0 spiro atoms. The van der Waals surface area contributed by atoms with Gasteiger partial charge >= 0.3 is 5.97 Å². The van der Waals surface area contributed by atoms with E-state index in [1.54, 1.807) is 29.1 Å². The smallest absolute Gasteiger partial charge is 0.310 e. The standard InChI is InChI=1S/C26H26N4O4/c27-19-22-5-2-6-23(16-22)30-8-7-25(31)24(28-30)17-20-3-1-4-21(15-20)18-26(32)34-14-11-29-9-12-33-13-10-29/h1-8,15-16H,9-14,17-18H2. The molecular formula is C26H26N4O4. The quantitative estimate of drug-likeness (QED) is 0.477. The van der Waals surface area contributed by atoms with Gasteiger partial charge in [-0.05, 0) is 29.3 Å². The summed E-state index contributed by atoms with van der Waals surface area (Å²) in [5.41, 5.74) is 3.15. The average Bonchev–Trinajstić information content (AvgIpc) is 2.86. The molecule has 2 aromatic carbocycles. The van der Waals surface area contributed by atoms with Gasteiger partial charge in [-0.3, -0.25) is 14.5 Å². The van der Waals surface area contributed by atoms with E-state index in [2.05, 4.69) is 16.1 Å². The first-order valence-corrected chi connectivity index (χ1v) is 11.2. The van der Waals surface area contributed by atoms with Crippen molar-refractivity contribution in [1.82, 2.24) is 14.7 Å². The zero-order chi connectivity index (χ0) is 23.8.